The molecule has 62 valence electrons. The second kappa shape index (κ2) is 3.53. The molecule has 11 heavy (non-hydrogen) atoms. The Labute approximate surface area is 65.8 Å². The maximum atomic E-state index is 11.9. The van der Waals surface area contributed by atoms with Crippen LogP contribution >= 0.6 is 0 Å². The van der Waals surface area contributed by atoms with E-state index in [0.717, 1.165) is 5.69 Å². The summed E-state index contributed by atoms with van der Waals surface area (Å²) in [6.07, 6.45) is 2.31. The van der Waals surface area contributed by atoms with Crippen LogP contribution in [0.4, 0.5) is 4.39 Å². The average molecular weight is 156 g/mol. The summed E-state index contributed by atoms with van der Waals surface area (Å²) in [4.78, 5) is 0. The van der Waals surface area contributed by atoms with Crippen molar-refractivity contribution in [1.29, 1.82) is 0 Å². The van der Waals surface area contributed by atoms with Gasteiger partial charge in [-0.15, -0.1) is 0 Å². The monoisotopic (exact) mass is 156 g/mol. The zero-order valence-corrected chi connectivity index (χ0v) is 6.63. The van der Waals surface area contributed by atoms with Crippen molar-refractivity contribution in [1.82, 2.24) is 4.57 Å². The fourth-order valence-electron chi connectivity index (χ4n) is 1.12. The Bertz CT molecular complexity index is 220. The minimum absolute atomic E-state index is 0.167. The van der Waals surface area contributed by atoms with Crippen molar-refractivity contribution < 1.29 is 4.39 Å². The van der Waals surface area contributed by atoms with Crippen molar-refractivity contribution in [3.63, 3.8) is 0 Å². The van der Waals surface area contributed by atoms with Crippen LogP contribution in [0.25, 0.3) is 0 Å². The van der Waals surface area contributed by atoms with Crippen molar-refractivity contribution in [2.75, 3.05) is 6.67 Å². The van der Waals surface area contributed by atoms with Crippen molar-refractivity contribution in [2.24, 2.45) is 12.8 Å². The van der Waals surface area contributed by atoms with Gasteiger partial charge >= 0.3 is 0 Å². The number of hydrogen-bond acceptors (Lipinski definition) is 1. The molecule has 0 spiro atoms. The van der Waals surface area contributed by atoms with Crippen LogP contribution in [0.15, 0.2) is 18.3 Å². The minimum Gasteiger partial charge on any atom is -0.353 e. The molecule has 1 aromatic heterocycles. The summed E-state index contributed by atoms with van der Waals surface area (Å²) >= 11 is 0. The Balaban J connectivity index is 2.67. The number of aromatic nitrogens is 1. The summed E-state index contributed by atoms with van der Waals surface area (Å²) in [7, 11) is 1.91. The molecule has 1 rings (SSSR count). The Hall–Kier alpha value is -0.830. The molecule has 0 saturated heterocycles. The second-order valence-electron chi connectivity index (χ2n) is 2.63. The van der Waals surface area contributed by atoms with Crippen molar-refractivity contribution >= 4 is 0 Å². The first kappa shape index (κ1) is 8.27. The Morgan fingerprint density at radius 3 is 2.91 bits per heavy atom. The molecule has 1 aromatic rings. The maximum Gasteiger partial charge on any atom is 0.0913 e. The molecular weight excluding hydrogens is 143 g/mol. The molecule has 0 aromatic carbocycles. The average Bonchev–Trinajstić information content (AvgIpc) is 2.36. The molecule has 2 nitrogen and oxygen atoms in total. The van der Waals surface area contributed by atoms with E-state index in [-0.39, 0.29) is 12.7 Å². The van der Waals surface area contributed by atoms with Gasteiger partial charge in [0.1, 0.15) is 0 Å². The third-order valence-corrected chi connectivity index (χ3v) is 1.78. The van der Waals surface area contributed by atoms with Crippen LogP contribution < -0.4 is 5.73 Å². The number of nitrogens with zero attached hydrogens (tertiary/aromatic N) is 1. The van der Waals surface area contributed by atoms with Crippen LogP contribution in [-0.2, 0) is 7.05 Å². The van der Waals surface area contributed by atoms with Gasteiger partial charge in [-0.1, -0.05) is 0 Å². The predicted molar refractivity (Wildman–Crippen MR) is 42.9 cm³/mol. The van der Waals surface area contributed by atoms with E-state index in [4.69, 9.17) is 5.73 Å². The lowest BCUT2D eigenvalue weighted by Gasteiger charge is -2.10. The van der Waals surface area contributed by atoms with Gasteiger partial charge in [0.05, 0.1) is 6.67 Å². The molecule has 0 radical (unpaired) electrons. The molecule has 3 heteroatoms. The van der Waals surface area contributed by atoms with E-state index in [9.17, 15) is 4.39 Å². The van der Waals surface area contributed by atoms with Crippen molar-refractivity contribution in [3.8, 4) is 0 Å². The van der Waals surface area contributed by atoms with Gasteiger partial charge in [0, 0.05) is 25.0 Å². The van der Waals surface area contributed by atoms with Gasteiger partial charge in [-0.2, -0.15) is 0 Å². The van der Waals surface area contributed by atoms with Gasteiger partial charge in [-0.3, -0.25) is 4.39 Å². The summed E-state index contributed by atoms with van der Waals surface area (Å²) in [5.41, 5.74) is 6.68. The van der Waals surface area contributed by atoms with Crippen LogP contribution in [0.3, 0.4) is 0 Å². The zero-order valence-electron chi connectivity index (χ0n) is 6.63. The topological polar surface area (TPSA) is 30.9 Å². The van der Waals surface area contributed by atoms with Gasteiger partial charge in [0.25, 0.3) is 0 Å². The van der Waals surface area contributed by atoms with E-state index >= 15 is 0 Å². The lowest BCUT2D eigenvalue weighted by Crippen LogP contribution is -2.14. The first-order valence-corrected chi connectivity index (χ1v) is 3.68. The van der Waals surface area contributed by atoms with E-state index in [2.05, 4.69) is 0 Å². The highest BCUT2D eigenvalue weighted by molar-refractivity contribution is 5.10. The van der Waals surface area contributed by atoms with Crippen LogP contribution in [0.2, 0.25) is 0 Å². The molecule has 2 N–H and O–H groups in total. The Morgan fingerprint density at radius 2 is 2.45 bits per heavy atom. The van der Waals surface area contributed by atoms with E-state index in [1.165, 1.54) is 0 Å². The number of halogens is 1. The highest BCUT2D eigenvalue weighted by Gasteiger charge is 2.07. The number of hydrogen-bond donors (Lipinski definition) is 1. The van der Waals surface area contributed by atoms with E-state index in [1.807, 2.05) is 29.9 Å². The van der Waals surface area contributed by atoms with Crippen molar-refractivity contribution in [2.45, 2.75) is 12.5 Å². The minimum atomic E-state index is -0.355. The van der Waals surface area contributed by atoms with Crippen molar-refractivity contribution in [3.05, 3.63) is 24.0 Å². The molecule has 0 aliphatic rings. The normalized spacial score (nSPS) is 13.4. The molecule has 1 atom stereocenters. The highest BCUT2D eigenvalue weighted by Crippen LogP contribution is 2.13. The first-order chi connectivity index (χ1) is 5.25. The molecule has 0 fully saturated rings. The van der Waals surface area contributed by atoms with Gasteiger partial charge in [0.2, 0.25) is 0 Å². The summed E-state index contributed by atoms with van der Waals surface area (Å²) < 4.78 is 13.8. The van der Waals surface area contributed by atoms with Gasteiger partial charge < -0.3 is 10.3 Å². The van der Waals surface area contributed by atoms with Gasteiger partial charge in [-0.05, 0) is 18.6 Å². The molecule has 0 aliphatic carbocycles. The SMILES string of the molecule is Cn1cccc1[C@@H](N)CCF. The van der Waals surface area contributed by atoms with E-state index in [1.54, 1.807) is 0 Å². The number of rotatable bonds is 3. The van der Waals surface area contributed by atoms with Crippen LogP contribution in [0.5, 0.6) is 0 Å². The summed E-state index contributed by atoms with van der Waals surface area (Å²) in [6.45, 7) is -0.355. The Morgan fingerprint density at radius 1 is 1.73 bits per heavy atom. The standard InChI is InChI=1S/C8H13FN2/c1-11-6-2-3-8(11)7(10)4-5-9/h2-3,6-7H,4-5,10H2,1H3/t7-/m0/s1. The molecule has 0 saturated carbocycles. The lowest BCUT2D eigenvalue weighted by atomic mass is 10.2. The largest absolute Gasteiger partial charge is 0.353 e. The van der Waals surface area contributed by atoms with Crippen LogP contribution in [-0.4, -0.2) is 11.2 Å². The lowest BCUT2D eigenvalue weighted by molar-refractivity contribution is 0.435. The van der Waals surface area contributed by atoms with E-state index < -0.39 is 0 Å². The molecule has 0 bridgehead atoms. The molecule has 0 aliphatic heterocycles. The number of nitrogens with two attached hydrogens (primary N) is 1. The maximum absolute atomic E-state index is 11.9. The first-order valence-electron chi connectivity index (χ1n) is 3.68. The molecule has 1 heterocycles. The fourth-order valence-corrected chi connectivity index (χ4v) is 1.12. The van der Waals surface area contributed by atoms with Crippen LogP contribution in [0.1, 0.15) is 18.2 Å². The molecule has 0 amide bonds. The third-order valence-electron chi connectivity index (χ3n) is 1.78. The second-order valence-corrected chi connectivity index (χ2v) is 2.63. The number of aryl methyl sites for hydroxylation is 1. The summed E-state index contributed by atoms with van der Waals surface area (Å²) in [6, 6.07) is 3.66. The smallest absolute Gasteiger partial charge is 0.0913 e. The predicted octanol–water partition coefficient (Wildman–Crippen LogP) is 1.38. The van der Waals surface area contributed by atoms with Gasteiger partial charge in [-0.25, -0.2) is 0 Å². The van der Waals surface area contributed by atoms with Gasteiger partial charge in [0.15, 0.2) is 0 Å². The highest BCUT2D eigenvalue weighted by atomic mass is 19.1. The number of alkyl halides is 1. The van der Waals surface area contributed by atoms with E-state index in [0.29, 0.717) is 6.42 Å². The Kier molecular flexibility index (Phi) is 2.65. The fraction of sp³-hybridized carbons (Fsp3) is 0.500. The zero-order chi connectivity index (χ0) is 8.27. The van der Waals surface area contributed by atoms with Crippen LogP contribution in [0, 0.1) is 0 Å². The molecular formula is C8H13FN2. The molecule has 0 unspecified atom stereocenters. The summed E-state index contributed by atoms with van der Waals surface area (Å²) in [5, 5.41) is 0. The summed E-state index contributed by atoms with van der Waals surface area (Å²) in [5.74, 6) is 0. The quantitative estimate of drug-likeness (QED) is 0.704. The third kappa shape index (κ3) is 1.80.